The lowest BCUT2D eigenvalue weighted by atomic mass is 9.79. The Bertz CT molecular complexity index is 1540. The van der Waals surface area contributed by atoms with E-state index < -0.39 is 41.2 Å². The highest BCUT2D eigenvalue weighted by Crippen LogP contribution is 2.40. The van der Waals surface area contributed by atoms with Crippen molar-refractivity contribution in [2.75, 3.05) is 38.5 Å². The second kappa shape index (κ2) is 14.3. The van der Waals surface area contributed by atoms with Crippen LogP contribution in [0.1, 0.15) is 75.3 Å². The lowest BCUT2D eigenvalue weighted by Gasteiger charge is -2.33. The molecule has 3 aliphatic rings. The minimum atomic E-state index is -2.01. The Morgan fingerprint density at radius 3 is 2.34 bits per heavy atom. The summed E-state index contributed by atoms with van der Waals surface area (Å²) < 4.78 is 31.8. The molecule has 0 bridgehead atoms. The Morgan fingerprint density at radius 1 is 1.04 bits per heavy atom. The van der Waals surface area contributed by atoms with E-state index in [0.717, 1.165) is 25.7 Å². The maximum Gasteiger partial charge on any atom is 0.270 e. The molecule has 2 heterocycles. The molecule has 0 unspecified atom stereocenters. The van der Waals surface area contributed by atoms with Gasteiger partial charge in [-0.15, -0.1) is 0 Å². The molecule has 2 aromatic rings. The van der Waals surface area contributed by atoms with Gasteiger partial charge in [0.2, 0.25) is 5.91 Å². The first-order valence-electron chi connectivity index (χ1n) is 16.5. The summed E-state index contributed by atoms with van der Waals surface area (Å²) in [7, 11) is 1.95. The number of halogens is 2. The number of anilines is 1. The number of allylic oxidation sites excluding steroid dienone is 1. The predicted octanol–water partition coefficient (Wildman–Crippen LogP) is 3.73. The number of carbonyl (C=O) groups is 4. The number of rotatable bonds is 10. The van der Waals surface area contributed by atoms with Crippen LogP contribution in [-0.4, -0.2) is 88.1 Å². The Hall–Kier alpha value is -4.13. The summed E-state index contributed by atoms with van der Waals surface area (Å²) in [5.74, 6) is -2.68. The Labute approximate surface area is 274 Å². The van der Waals surface area contributed by atoms with Gasteiger partial charge in [-0.05, 0) is 87.7 Å². The van der Waals surface area contributed by atoms with E-state index in [1.807, 2.05) is 14.0 Å². The summed E-state index contributed by atoms with van der Waals surface area (Å²) in [6.45, 7) is 8.24. The van der Waals surface area contributed by atoms with E-state index in [9.17, 15) is 23.6 Å². The standard InChI is InChI=1S/C34H45F2N7O4/c1-5-43-27(12-15-37-43)30(44)39-29(23-8-6-21(2)7-9-23)31(45)38-26-11-10-24(20-25(26)35)22(3)28(40-33(47)34(36)13-14-34)32(46)42-18-16-41(4)17-19-42/h10-12,15,20-21,23,29H,5-9,13-14,16-19H2,1-4H3,(H,38,45)(H,39,44)(H,40,47)/b28-22+/t21-,23-,29-/m0/s1. The lowest BCUT2D eigenvalue weighted by molar-refractivity contribution is -0.132. The first-order valence-corrected chi connectivity index (χ1v) is 16.5. The molecule has 254 valence electrons. The predicted molar refractivity (Wildman–Crippen MR) is 173 cm³/mol. The summed E-state index contributed by atoms with van der Waals surface area (Å²) in [6, 6.07) is 4.79. The van der Waals surface area contributed by atoms with Crippen molar-refractivity contribution >= 4 is 34.9 Å². The molecule has 1 saturated heterocycles. The summed E-state index contributed by atoms with van der Waals surface area (Å²) in [5, 5.41) is 12.2. The molecule has 47 heavy (non-hydrogen) atoms. The number of nitrogens with zero attached hydrogens (tertiary/aromatic N) is 4. The van der Waals surface area contributed by atoms with Crippen molar-refractivity contribution in [3.63, 3.8) is 0 Å². The molecule has 1 aromatic heterocycles. The van der Waals surface area contributed by atoms with Crippen LogP contribution in [0.25, 0.3) is 5.57 Å². The average Bonchev–Trinajstić information content (AvgIpc) is 3.63. The molecular formula is C34H45F2N7O4. The van der Waals surface area contributed by atoms with E-state index in [2.05, 4.69) is 32.9 Å². The Balaban J connectivity index is 1.37. The van der Waals surface area contributed by atoms with Gasteiger partial charge in [0.05, 0.1) is 5.69 Å². The summed E-state index contributed by atoms with van der Waals surface area (Å²) in [6.07, 6.45) is 5.02. The number of aryl methyl sites for hydroxylation is 1. The van der Waals surface area contributed by atoms with Crippen LogP contribution in [0.3, 0.4) is 0 Å². The number of hydrogen-bond acceptors (Lipinski definition) is 6. The average molecular weight is 654 g/mol. The minimum absolute atomic E-state index is 0.0838. The van der Waals surface area contributed by atoms with E-state index in [1.165, 1.54) is 24.4 Å². The van der Waals surface area contributed by atoms with Gasteiger partial charge in [0.25, 0.3) is 17.7 Å². The molecule has 1 aromatic carbocycles. The second-order valence-electron chi connectivity index (χ2n) is 13.2. The van der Waals surface area contributed by atoms with E-state index in [1.54, 1.807) is 22.6 Å². The molecule has 1 aliphatic heterocycles. The minimum Gasteiger partial charge on any atom is -0.339 e. The van der Waals surface area contributed by atoms with E-state index >= 15 is 4.39 Å². The van der Waals surface area contributed by atoms with Gasteiger partial charge in [0, 0.05) is 38.9 Å². The molecule has 5 rings (SSSR count). The van der Waals surface area contributed by atoms with Crippen molar-refractivity contribution in [2.45, 2.75) is 77.6 Å². The van der Waals surface area contributed by atoms with Crippen molar-refractivity contribution < 1.29 is 28.0 Å². The highest BCUT2D eigenvalue weighted by atomic mass is 19.1. The topological polar surface area (TPSA) is 129 Å². The number of amides is 4. The van der Waals surface area contributed by atoms with E-state index in [4.69, 9.17) is 0 Å². The molecule has 13 heteroatoms. The number of benzene rings is 1. The summed E-state index contributed by atoms with van der Waals surface area (Å²) in [5.41, 5.74) is -1.29. The maximum atomic E-state index is 15.7. The maximum absolute atomic E-state index is 15.7. The van der Waals surface area contributed by atoms with Gasteiger partial charge in [-0.25, -0.2) is 8.78 Å². The van der Waals surface area contributed by atoms with Crippen LogP contribution in [0.4, 0.5) is 14.5 Å². The van der Waals surface area contributed by atoms with Crippen molar-refractivity contribution in [1.82, 2.24) is 30.2 Å². The largest absolute Gasteiger partial charge is 0.339 e. The highest BCUT2D eigenvalue weighted by Gasteiger charge is 2.51. The molecule has 2 aliphatic carbocycles. The fourth-order valence-electron chi connectivity index (χ4n) is 6.25. The third-order valence-electron chi connectivity index (χ3n) is 9.72. The summed E-state index contributed by atoms with van der Waals surface area (Å²) >= 11 is 0. The molecule has 4 amide bonds. The number of piperazine rings is 1. The number of carbonyl (C=O) groups excluding carboxylic acids is 4. The van der Waals surface area contributed by atoms with Gasteiger partial charge in [-0.3, -0.25) is 23.9 Å². The van der Waals surface area contributed by atoms with Crippen LogP contribution in [0.2, 0.25) is 0 Å². The first kappa shape index (κ1) is 34.2. The van der Waals surface area contributed by atoms with Gasteiger partial charge in [0.15, 0.2) is 5.67 Å². The van der Waals surface area contributed by atoms with Crippen LogP contribution in [-0.2, 0) is 20.9 Å². The number of likely N-dealkylation sites (N-methyl/N-ethyl adjacent to an activating group) is 1. The van der Waals surface area contributed by atoms with Crippen molar-refractivity contribution in [2.24, 2.45) is 11.8 Å². The second-order valence-corrected chi connectivity index (χ2v) is 13.2. The number of alkyl halides is 1. The molecule has 1 atom stereocenters. The SMILES string of the molecule is CCn1nccc1C(=O)N[C@H](C(=O)Nc1ccc(/C(C)=C(/NC(=O)C2(F)CC2)C(=O)N2CCN(C)CC2)cc1F)[C@H]1CC[C@H](C)CC1. The van der Waals surface area contributed by atoms with Crippen molar-refractivity contribution in [3.8, 4) is 0 Å². The molecule has 2 saturated carbocycles. The number of nitrogens with one attached hydrogen (secondary N) is 3. The quantitative estimate of drug-likeness (QED) is 0.336. The third-order valence-corrected chi connectivity index (χ3v) is 9.72. The fourth-order valence-corrected chi connectivity index (χ4v) is 6.25. The first-order chi connectivity index (χ1) is 22.4. The molecular weight excluding hydrogens is 608 g/mol. The van der Waals surface area contributed by atoms with Crippen LogP contribution >= 0.6 is 0 Å². The lowest BCUT2D eigenvalue weighted by Crippen LogP contribution is -2.50. The normalized spacial score (nSPS) is 22.1. The fraction of sp³-hybridized carbons (Fsp3) is 0.559. The smallest absolute Gasteiger partial charge is 0.270 e. The van der Waals surface area contributed by atoms with Crippen molar-refractivity contribution in [3.05, 3.63) is 53.2 Å². The van der Waals surface area contributed by atoms with Crippen LogP contribution in [0.5, 0.6) is 0 Å². The van der Waals surface area contributed by atoms with E-state index in [-0.39, 0.29) is 35.7 Å². The van der Waals surface area contributed by atoms with Gasteiger partial charge >= 0.3 is 0 Å². The van der Waals surface area contributed by atoms with Crippen LogP contribution in [0.15, 0.2) is 36.2 Å². The number of aromatic nitrogens is 2. The number of hydrogen-bond donors (Lipinski definition) is 3. The van der Waals surface area contributed by atoms with Gasteiger partial charge < -0.3 is 25.8 Å². The molecule has 0 spiro atoms. The zero-order valence-electron chi connectivity index (χ0n) is 27.6. The zero-order valence-corrected chi connectivity index (χ0v) is 27.6. The Kier molecular flexibility index (Phi) is 10.4. The van der Waals surface area contributed by atoms with Gasteiger partial charge in [-0.2, -0.15) is 5.10 Å². The van der Waals surface area contributed by atoms with Crippen LogP contribution < -0.4 is 16.0 Å². The monoisotopic (exact) mass is 653 g/mol. The zero-order chi connectivity index (χ0) is 33.9. The highest BCUT2D eigenvalue weighted by molar-refractivity contribution is 6.06. The molecule has 11 nitrogen and oxygen atoms in total. The molecule has 3 fully saturated rings. The Morgan fingerprint density at radius 2 is 1.72 bits per heavy atom. The summed E-state index contributed by atoms with van der Waals surface area (Å²) in [4.78, 5) is 56.8. The van der Waals surface area contributed by atoms with Gasteiger partial charge in [-0.1, -0.05) is 25.8 Å². The third kappa shape index (κ3) is 7.89. The molecule has 3 N–H and O–H groups in total. The van der Waals surface area contributed by atoms with Crippen LogP contribution in [0, 0.1) is 17.7 Å². The van der Waals surface area contributed by atoms with Gasteiger partial charge in [0.1, 0.15) is 23.3 Å². The van der Waals surface area contributed by atoms with Crippen molar-refractivity contribution in [1.29, 1.82) is 0 Å². The molecule has 0 radical (unpaired) electrons. The van der Waals surface area contributed by atoms with E-state index in [0.29, 0.717) is 49.9 Å².